The van der Waals surface area contributed by atoms with Crippen LogP contribution in [0.25, 0.3) is 5.76 Å². The lowest BCUT2D eigenvalue weighted by atomic mass is 9.95. The van der Waals surface area contributed by atoms with Gasteiger partial charge in [-0.1, -0.05) is 35.9 Å². The Balaban J connectivity index is 1.84. The molecule has 1 N–H and O–H groups in total. The molecule has 6 nitrogen and oxygen atoms in total. The molecule has 7 heteroatoms. The Morgan fingerprint density at radius 1 is 1.13 bits per heavy atom. The van der Waals surface area contributed by atoms with Gasteiger partial charge in [-0.05, 0) is 48.9 Å². The molecule has 1 aliphatic heterocycles. The van der Waals surface area contributed by atoms with E-state index in [0.717, 1.165) is 0 Å². The SMILES string of the molecule is CCOc1cccc(C(O)=C2C(=O)C(=O)N(Cc3ccco3)C2c2ccc(Cl)cc2)c1. The monoisotopic (exact) mass is 437 g/mol. The lowest BCUT2D eigenvalue weighted by molar-refractivity contribution is -0.140. The standard InChI is InChI=1S/C24H20ClNO5/c1-2-30-18-6-3-5-16(13-18)22(27)20-21(15-8-10-17(25)11-9-15)26(24(29)23(20)28)14-19-7-4-12-31-19/h3-13,21,27H,2,14H2,1H3. The van der Waals surface area contributed by atoms with Gasteiger partial charge in [0.05, 0.1) is 31.0 Å². The number of amides is 1. The van der Waals surface area contributed by atoms with E-state index >= 15 is 0 Å². The van der Waals surface area contributed by atoms with Crippen LogP contribution in [-0.4, -0.2) is 28.3 Å². The van der Waals surface area contributed by atoms with E-state index in [9.17, 15) is 14.7 Å². The van der Waals surface area contributed by atoms with Gasteiger partial charge in [0.1, 0.15) is 17.3 Å². The Hall–Kier alpha value is -3.51. The van der Waals surface area contributed by atoms with Crippen molar-refractivity contribution in [1.82, 2.24) is 4.90 Å². The van der Waals surface area contributed by atoms with E-state index in [-0.39, 0.29) is 17.9 Å². The highest BCUT2D eigenvalue weighted by molar-refractivity contribution is 6.46. The largest absolute Gasteiger partial charge is 0.507 e. The zero-order chi connectivity index (χ0) is 22.0. The van der Waals surface area contributed by atoms with Crippen LogP contribution in [0.15, 0.2) is 76.9 Å². The van der Waals surface area contributed by atoms with E-state index in [2.05, 4.69) is 0 Å². The van der Waals surface area contributed by atoms with Gasteiger partial charge in [0.25, 0.3) is 11.7 Å². The molecular weight excluding hydrogens is 418 g/mol. The van der Waals surface area contributed by atoms with Gasteiger partial charge in [-0.3, -0.25) is 9.59 Å². The smallest absolute Gasteiger partial charge is 0.296 e. The van der Waals surface area contributed by atoms with Gasteiger partial charge in [-0.25, -0.2) is 0 Å². The second kappa shape index (κ2) is 8.70. The van der Waals surface area contributed by atoms with Gasteiger partial charge < -0.3 is 19.2 Å². The highest BCUT2D eigenvalue weighted by Gasteiger charge is 2.46. The first kappa shape index (κ1) is 20.8. The maximum absolute atomic E-state index is 13.0. The first-order chi connectivity index (χ1) is 15.0. The van der Waals surface area contributed by atoms with E-state index in [1.54, 1.807) is 60.7 Å². The number of nitrogens with zero attached hydrogens (tertiary/aromatic N) is 1. The molecule has 0 aliphatic carbocycles. The second-order valence-electron chi connectivity index (χ2n) is 7.02. The average Bonchev–Trinajstić information content (AvgIpc) is 3.37. The van der Waals surface area contributed by atoms with Crippen molar-refractivity contribution in [3.63, 3.8) is 0 Å². The van der Waals surface area contributed by atoms with Gasteiger partial charge in [0.15, 0.2) is 0 Å². The van der Waals surface area contributed by atoms with Crippen LogP contribution in [0.3, 0.4) is 0 Å². The van der Waals surface area contributed by atoms with Crippen molar-refractivity contribution in [3.8, 4) is 5.75 Å². The molecule has 1 amide bonds. The molecule has 1 unspecified atom stereocenters. The third-order valence-corrected chi connectivity index (χ3v) is 5.30. The molecular formula is C24H20ClNO5. The predicted molar refractivity (Wildman–Crippen MR) is 116 cm³/mol. The Kier molecular flexibility index (Phi) is 5.82. The van der Waals surface area contributed by atoms with Crippen molar-refractivity contribution < 1.29 is 23.8 Å². The number of likely N-dealkylation sites (tertiary alicyclic amines) is 1. The molecule has 2 aromatic carbocycles. The predicted octanol–water partition coefficient (Wildman–Crippen LogP) is 4.95. The van der Waals surface area contributed by atoms with Gasteiger partial charge in [-0.15, -0.1) is 0 Å². The van der Waals surface area contributed by atoms with E-state index in [0.29, 0.717) is 34.3 Å². The number of hydrogen-bond acceptors (Lipinski definition) is 5. The number of ketones is 1. The summed E-state index contributed by atoms with van der Waals surface area (Å²) in [6.45, 7) is 2.40. The minimum absolute atomic E-state index is 0.00697. The Bertz CT molecular complexity index is 1140. The first-order valence-corrected chi connectivity index (χ1v) is 10.2. The van der Waals surface area contributed by atoms with Gasteiger partial charge in [-0.2, -0.15) is 0 Å². The van der Waals surface area contributed by atoms with Crippen molar-refractivity contribution >= 4 is 29.1 Å². The topological polar surface area (TPSA) is 80.0 Å². The molecule has 0 radical (unpaired) electrons. The van der Waals surface area contributed by atoms with E-state index in [1.807, 2.05) is 6.92 Å². The summed E-state index contributed by atoms with van der Waals surface area (Å²) in [6.07, 6.45) is 1.50. The summed E-state index contributed by atoms with van der Waals surface area (Å²) < 4.78 is 10.9. The number of Topliss-reactive ketones (excluding diaryl/α,β-unsaturated/α-hetero) is 1. The number of benzene rings is 2. The highest BCUT2D eigenvalue weighted by atomic mass is 35.5. The van der Waals surface area contributed by atoms with E-state index in [4.69, 9.17) is 20.8 Å². The van der Waals surface area contributed by atoms with Crippen LogP contribution >= 0.6 is 11.6 Å². The lowest BCUT2D eigenvalue weighted by Crippen LogP contribution is -2.29. The summed E-state index contributed by atoms with van der Waals surface area (Å²) in [5, 5.41) is 11.6. The van der Waals surface area contributed by atoms with Crippen LogP contribution in [0, 0.1) is 0 Å². The van der Waals surface area contributed by atoms with Crippen LogP contribution in [0.5, 0.6) is 5.75 Å². The number of carbonyl (C=O) groups is 2. The first-order valence-electron chi connectivity index (χ1n) is 9.79. The molecule has 1 atom stereocenters. The second-order valence-corrected chi connectivity index (χ2v) is 7.46. The molecule has 4 rings (SSSR count). The number of rotatable bonds is 6. The molecule has 0 spiro atoms. The number of ether oxygens (including phenoxy) is 1. The molecule has 0 bridgehead atoms. The molecule has 1 aromatic heterocycles. The number of aliphatic hydroxyl groups excluding tert-OH is 1. The molecule has 1 saturated heterocycles. The van der Waals surface area contributed by atoms with Crippen molar-refractivity contribution in [2.75, 3.05) is 6.61 Å². The summed E-state index contributed by atoms with van der Waals surface area (Å²) in [5.74, 6) is -0.648. The molecule has 1 fully saturated rings. The molecule has 1 aliphatic rings. The minimum Gasteiger partial charge on any atom is -0.507 e. The van der Waals surface area contributed by atoms with Gasteiger partial charge in [0, 0.05) is 10.6 Å². The van der Waals surface area contributed by atoms with Crippen LogP contribution in [0.2, 0.25) is 5.02 Å². The Morgan fingerprint density at radius 3 is 2.58 bits per heavy atom. The molecule has 0 saturated carbocycles. The van der Waals surface area contributed by atoms with E-state index < -0.39 is 17.7 Å². The summed E-state index contributed by atoms with van der Waals surface area (Å²) >= 11 is 6.03. The van der Waals surface area contributed by atoms with Crippen molar-refractivity contribution in [3.05, 3.63) is 94.4 Å². The number of hydrogen-bond donors (Lipinski definition) is 1. The van der Waals surface area contributed by atoms with Crippen molar-refractivity contribution in [2.24, 2.45) is 0 Å². The lowest BCUT2D eigenvalue weighted by Gasteiger charge is -2.24. The molecule has 158 valence electrons. The fourth-order valence-electron chi connectivity index (χ4n) is 3.66. The van der Waals surface area contributed by atoms with Crippen LogP contribution < -0.4 is 4.74 Å². The minimum atomic E-state index is -0.793. The summed E-state index contributed by atoms with van der Waals surface area (Å²) in [6, 6.07) is 16.2. The van der Waals surface area contributed by atoms with Gasteiger partial charge in [0.2, 0.25) is 0 Å². The highest BCUT2D eigenvalue weighted by Crippen LogP contribution is 2.40. The average molecular weight is 438 g/mol. The Morgan fingerprint density at radius 2 is 1.90 bits per heavy atom. The third kappa shape index (κ3) is 4.07. The Labute approximate surface area is 184 Å². The zero-order valence-corrected chi connectivity index (χ0v) is 17.5. The maximum Gasteiger partial charge on any atom is 0.296 e. The third-order valence-electron chi connectivity index (χ3n) is 5.05. The number of carbonyl (C=O) groups excluding carboxylic acids is 2. The van der Waals surface area contributed by atoms with Gasteiger partial charge >= 0.3 is 0 Å². The zero-order valence-electron chi connectivity index (χ0n) is 16.7. The molecule has 2 heterocycles. The number of aliphatic hydroxyl groups is 1. The fraction of sp³-hybridized carbons (Fsp3) is 0.167. The number of furan rings is 1. The van der Waals surface area contributed by atoms with Crippen LogP contribution in [0.1, 0.15) is 29.9 Å². The summed E-state index contributed by atoms with van der Waals surface area (Å²) in [7, 11) is 0. The maximum atomic E-state index is 13.0. The van der Waals surface area contributed by atoms with E-state index in [1.165, 1.54) is 11.2 Å². The van der Waals surface area contributed by atoms with Crippen molar-refractivity contribution in [1.29, 1.82) is 0 Å². The quantitative estimate of drug-likeness (QED) is 0.335. The van der Waals surface area contributed by atoms with Crippen LogP contribution in [0.4, 0.5) is 0 Å². The fourth-order valence-corrected chi connectivity index (χ4v) is 3.79. The normalized spacial score (nSPS) is 17.9. The summed E-state index contributed by atoms with van der Waals surface area (Å²) in [4.78, 5) is 27.4. The van der Waals surface area contributed by atoms with Crippen LogP contribution in [-0.2, 0) is 16.1 Å². The number of halogens is 1. The molecule has 3 aromatic rings. The molecule has 31 heavy (non-hydrogen) atoms. The summed E-state index contributed by atoms with van der Waals surface area (Å²) in [5.41, 5.74) is 1.05. The van der Waals surface area contributed by atoms with Crippen molar-refractivity contribution in [2.45, 2.75) is 19.5 Å².